The Bertz CT molecular complexity index is 1070. The molecule has 0 bridgehead atoms. The lowest BCUT2D eigenvalue weighted by atomic mass is 9.95. The molecule has 3 heterocycles. The highest BCUT2D eigenvalue weighted by Gasteiger charge is 2.24. The molecule has 1 aromatic carbocycles. The largest absolute Gasteiger partial charge is 0.459 e. The van der Waals surface area contributed by atoms with Crippen LogP contribution in [-0.2, 0) is 6.54 Å². The van der Waals surface area contributed by atoms with Crippen LogP contribution in [0.5, 0.6) is 0 Å². The molecule has 1 amide bonds. The van der Waals surface area contributed by atoms with Crippen LogP contribution < -0.4 is 5.63 Å². The maximum atomic E-state index is 12.4. The molecule has 1 aliphatic heterocycles. The number of fused-ring (bicyclic) bond motifs is 1. The third-order valence-corrected chi connectivity index (χ3v) is 5.62. The van der Waals surface area contributed by atoms with Crippen molar-refractivity contribution >= 4 is 16.9 Å². The van der Waals surface area contributed by atoms with Gasteiger partial charge in [0, 0.05) is 44.2 Å². The quantitative estimate of drug-likeness (QED) is 0.630. The monoisotopic (exact) mass is 394 g/mol. The van der Waals surface area contributed by atoms with Gasteiger partial charge in [-0.3, -0.25) is 9.69 Å². The van der Waals surface area contributed by atoms with Crippen molar-refractivity contribution in [3.63, 3.8) is 0 Å². The van der Waals surface area contributed by atoms with Crippen LogP contribution in [0, 0.1) is 6.92 Å². The first-order chi connectivity index (χ1) is 13.9. The predicted molar refractivity (Wildman–Crippen MR) is 111 cm³/mol. The first-order valence-corrected chi connectivity index (χ1v) is 10.0. The van der Waals surface area contributed by atoms with Crippen LogP contribution in [0.15, 0.2) is 50.2 Å². The zero-order valence-corrected chi connectivity index (χ0v) is 17.1. The molecular formula is C23H26N2O4. The molecule has 6 heteroatoms. The van der Waals surface area contributed by atoms with E-state index in [-0.39, 0.29) is 11.5 Å². The lowest BCUT2D eigenvalue weighted by molar-refractivity contribution is 0.0598. The van der Waals surface area contributed by atoms with Crippen molar-refractivity contribution < 1.29 is 13.6 Å². The Hall–Kier alpha value is -2.86. The number of hydrogen-bond acceptors (Lipinski definition) is 5. The van der Waals surface area contributed by atoms with Gasteiger partial charge in [-0.25, -0.2) is 4.79 Å². The summed E-state index contributed by atoms with van der Waals surface area (Å²) in [5, 5.41) is 0.994. The summed E-state index contributed by atoms with van der Waals surface area (Å²) in [5.74, 6) is 0.703. The molecule has 29 heavy (non-hydrogen) atoms. The Morgan fingerprint density at radius 3 is 2.55 bits per heavy atom. The minimum absolute atomic E-state index is 0.0718. The molecule has 152 valence electrons. The van der Waals surface area contributed by atoms with Gasteiger partial charge in [0.15, 0.2) is 5.76 Å². The van der Waals surface area contributed by atoms with E-state index < -0.39 is 0 Å². The van der Waals surface area contributed by atoms with Crippen LogP contribution >= 0.6 is 0 Å². The average Bonchev–Trinajstić information content (AvgIpc) is 3.22. The Kier molecular flexibility index (Phi) is 5.28. The van der Waals surface area contributed by atoms with Gasteiger partial charge >= 0.3 is 5.63 Å². The molecule has 0 atom stereocenters. The normalized spacial score (nSPS) is 15.4. The minimum atomic E-state index is -0.323. The second kappa shape index (κ2) is 7.87. The van der Waals surface area contributed by atoms with Crippen LogP contribution in [0.2, 0.25) is 0 Å². The number of furan rings is 1. The summed E-state index contributed by atoms with van der Waals surface area (Å²) in [5.41, 5.74) is 3.69. The molecule has 6 nitrogen and oxygen atoms in total. The van der Waals surface area contributed by atoms with Gasteiger partial charge in [0.1, 0.15) is 5.58 Å². The molecule has 1 saturated heterocycles. The number of piperazine rings is 1. The molecule has 0 N–H and O–H groups in total. The lowest BCUT2D eigenvalue weighted by Gasteiger charge is -2.34. The van der Waals surface area contributed by atoms with Crippen LogP contribution in [0.3, 0.4) is 0 Å². The lowest BCUT2D eigenvalue weighted by Crippen LogP contribution is -2.48. The number of benzene rings is 1. The van der Waals surface area contributed by atoms with E-state index in [1.165, 1.54) is 11.8 Å². The molecule has 2 aromatic heterocycles. The second-order valence-electron chi connectivity index (χ2n) is 8.00. The van der Waals surface area contributed by atoms with E-state index in [1.54, 1.807) is 18.2 Å². The molecule has 1 fully saturated rings. The van der Waals surface area contributed by atoms with E-state index in [0.29, 0.717) is 36.9 Å². The highest BCUT2D eigenvalue weighted by atomic mass is 16.4. The molecule has 0 aliphatic carbocycles. The molecule has 3 aromatic rings. The van der Waals surface area contributed by atoms with Crippen molar-refractivity contribution in [1.29, 1.82) is 0 Å². The Balaban J connectivity index is 1.53. The third kappa shape index (κ3) is 3.98. The standard InChI is InChI=1S/C23H26N2O4/c1-15(2)18-13-19-17(12-22(26)29-21(19)11-16(18)3)14-24-6-8-25(9-7-24)23(27)20-5-4-10-28-20/h4-5,10-13,15H,6-9,14H2,1-3H3. The first kappa shape index (κ1) is 19.5. The second-order valence-corrected chi connectivity index (χ2v) is 8.00. The number of aryl methyl sites for hydroxylation is 1. The van der Waals surface area contributed by atoms with Crippen molar-refractivity contribution in [1.82, 2.24) is 9.80 Å². The van der Waals surface area contributed by atoms with E-state index in [4.69, 9.17) is 8.83 Å². The number of rotatable bonds is 4. The third-order valence-electron chi connectivity index (χ3n) is 5.62. The topological polar surface area (TPSA) is 66.9 Å². The van der Waals surface area contributed by atoms with Gasteiger partial charge < -0.3 is 13.7 Å². The van der Waals surface area contributed by atoms with Gasteiger partial charge in [0.05, 0.1) is 6.26 Å². The molecule has 0 spiro atoms. The summed E-state index contributed by atoms with van der Waals surface area (Å²) in [7, 11) is 0. The smallest absolute Gasteiger partial charge is 0.336 e. The van der Waals surface area contributed by atoms with Crippen molar-refractivity contribution in [2.75, 3.05) is 26.2 Å². The van der Waals surface area contributed by atoms with Crippen molar-refractivity contribution in [2.45, 2.75) is 33.2 Å². The Morgan fingerprint density at radius 2 is 1.90 bits per heavy atom. The van der Waals surface area contributed by atoms with Gasteiger partial charge in [0.25, 0.3) is 5.91 Å². The fourth-order valence-electron chi connectivity index (χ4n) is 4.05. The van der Waals surface area contributed by atoms with Gasteiger partial charge in [-0.1, -0.05) is 13.8 Å². The predicted octanol–water partition coefficient (Wildman–Crippen LogP) is 3.78. The zero-order chi connectivity index (χ0) is 20.5. The number of amides is 1. The van der Waals surface area contributed by atoms with Crippen LogP contribution in [0.1, 0.15) is 47.0 Å². The van der Waals surface area contributed by atoms with Crippen LogP contribution in [0.4, 0.5) is 0 Å². The van der Waals surface area contributed by atoms with Gasteiger partial charge in [-0.15, -0.1) is 0 Å². The fraction of sp³-hybridized carbons (Fsp3) is 0.391. The van der Waals surface area contributed by atoms with E-state index in [0.717, 1.165) is 29.6 Å². The summed E-state index contributed by atoms with van der Waals surface area (Å²) in [4.78, 5) is 28.6. The number of hydrogen-bond donors (Lipinski definition) is 0. The Labute approximate surface area is 169 Å². The molecule has 1 aliphatic rings. The molecule has 0 saturated carbocycles. The highest BCUT2D eigenvalue weighted by molar-refractivity contribution is 5.91. The van der Waals surface area contributed by atoms with E-state index in [1.807, 2.05) is 11.0 Å². The minimum Gasteiger partial charge on any atom is -0.459 e. The Morgan fingerprint density at radius 1 is 1.14 bits per heavy atom. The zero-order valence-electron chi connectivity index (χ0n) is 17.1. The average molecular weight is 394 g/mol. The van der Waals surface area contributed by atoms with E-state index >= 15 is 0 Å². The van der Waals surface area contributed by atoms with Gasteiger partial charge in [0.2, 0.25) is 0 Å². The van der Waals surface area contributed by atoms with Crippen LogP contribution in [0.25, 0.3) is 11.0 Å². The summed E-state index contributed by atoms with van der Waals surface area (Å²) in [6.07, 6.45) is 1.52. The molecular weight excluding hydrogens is 368 g/mol. The summed E-state index contributed by atoms with van der Waals surface area (Å²) in [6.45, 7) is 9.81. The maximum Gasteiger partial charge on any atom is 0.336 e. The fourth-order valence-corrected chi connectivity index (χ4v) is 4.05. The number of carbonyl (C=O) groups excluding carboxylic acids is 1. The van der Waals surface area contributed by atoms with Crippen LogP contribution in [-0.4, -0.2) is 41.9 Å². The molecule has 0 radical (unpaired) electrons. The van der Waals surface area contributed by atoms with E-state index in [9.17, 15) is 9.59 Å². The van der Waals surface area contributed by atoms with Crippen molar-refractivity contribution in [3.05, 3.63) is 69.5 Å². The van der Waals surface area contributed by atoms with Gasteiger partial charge in [-0.2, -0.15) is 0 Å². The van der Waals surface area contributed by atoms with Crippen molar-refractivity contribution in [3.8, 4) is 0 Å². The van der Waals surface area contributed by atoms with E-state index in [2.05, 4.69) is 31.7 Å². The maximum absolute atomic E-state index is 12.4. The summed E-state index contributed by atoms with van der Waals surface area (Å²) >= 11 is 0. The van der Waals surface area contributed by atoms with Crippen molar-refractivity contribution in [2.24, 2.45) is 0 Å². The molecule has 4 rings (SSSR count). The molecule has 0 unspecified atom stereocenters. The SMILES string of the molecule is Cc1cc2oc(=O)cc(CN3CCN(C(=O)c4ccco4)CC3)c2cc1C(C)C. The summed E-state index contributed by atoms with van der Waals surface area (Å²) < 4.78 is 10.7. The highest BCUT2D eigenvalue weighted by Crippen LogP contribution is 2.27. The summed E-state index contributed by atoms with van der Waals surface area (Å²) in [6, 6.07) is 9.14. The first-order valence-electron chi connectivity index (χ1n) is 10.0. The number of nitrogens with zero attached hydrogens (tertiary/aromatic N) is 2. The van der Waals surface area contributed by atoms with Gasteiger partial charge in [-0.05, 0) is 53.8 Å². The number of carbonyl (C=O) groups is 1.